The average Bonchev–Trinajstić information content (AvgIpc) is 3.30. The number of nitrogens with zero attached hydrogens (tertiary/aromatic N) is 4. The molecule has 1 aromatic carbocycles. The smallest absolute Gasteiger partial charge is 0.222 e. The van der Waals surface area contributed by atoms with Crippen molar-refractivity contribution in [3.63, 3.8) is 0 Å². The number of aryl methyl sites for hydroxylation is 2. The van der Waals surface area contributed by atoms with Crippen LogP contribution in [-0.4, -0.2) is 45.8 Å². The van der Waals surface area contributed by atoms with E-state index in [4.69, 9.17) is 4.74 Å². The normalized spacial score (nSPS) is 17.2. The quantitative estimate of drug-likeness (QED) is 0.810. The highest BCUT2D eigenvalue weighted by molar-refractivity contribution is 5.76. The lowest BCUT2D eigenvalue weighted by Gasteiger charge is -2.31. The number of carbonyl (C=O) groups excluding carboxylic acids is 1. The Kier molecular flexibility index (Phi) is 5.09. The van der Waals surface area contributed by atoms with E-state index in [-0.39, 0.29) is 17.5 Å². The number of halogens is 1. The lowest BCUT2D eigenvalue weighted by molar-refractivity contribution is -0.132. The van der Waals surface area contributed by atoms with Crippen LogP contribution in [-0.2, 0) is 24.2 Å². The highest BCUT2D eigenvalue weighted by Crippen LogP contribution is 2.29. The molecule has 4 rings (SSSR count). The summed E-state index contributed by atoms with van der Waals surface area (Å²) < 4.78 is 21.0. The maximum Gasteiger partial charge on any atom is 0.222 e. The van der Waals surface area contributed by atoms with Crippen LogP contribution in [0.25, 0.3) is 0 Å². The Bertz CT molecular complexity index is 827. The predicted octanol–water partition coefficient (Wildman–Crippen LogP) is 2.71. The molecule has 1 fully saturated rings. The van der Waals surface area contributed by atoms with E-state index in [0.29, 0.717) is 18.8 Å². The predicted molar refractivity (Wildman–Crippen MR) is 98.2 cm³/mol. The van der Waals surface area contributed by atoms with E-state index in [1.807, 2.05) is 11.0 Å². The fourth-order valence-corrected chi connectivity index (χ4v) is 4.14. The maximum atomic E-state index is 13.8. The first-order valence-corrected chi connectivity index (χ1v) is 9.68. The van der Waals surface area contributed by atoms with Crippen LogP contribution in [0.1, 0.15) is 48.8 Å². The summed E-state index contributed by atoms with van der Waals surface area (Å²) in [5.41, 5.74) is 0.815. The molecule has 1 aromatic heterocycles. The molecule has 0 spiro atoms. The third kappa shape index (κ3) is 3.68. The Hall–Kier alpha value is -2.44. The Morgan fingerprint density at radius 1 is 1.26 bits per heavy atom. The van der Waals surface area contributed by atoms with Crippen molar-refractivity contribution in [3.8, 4) is 5.75 Å². The molecule has 7 heteroatoms. The van der Waals surface area contributed by atoms with Crippen LogP contribution in [0.2, 0.25) is 0 Å². The summed E-state index contributed by atoms with van der Waals surface area (Å²) in [7, 11) is 1.44. The number of ether oxygens (including phenoxy) is 1. The van der Waals surface area contributed by atoms with Crippen LogP contribution in [0.15, 0.2) is 18.2 Å². The molecule has 1 amide bonds. The minimum absolute atomic E-state index is 0.135. The van der Waals surface area contributed by atoms with E-state index in [2.05, 4.69) is 14.8 Å². The van der Waals surface area contributed by atoms with Crippen molar-refractivity contribution in [2.45, 2.75) is 51.0 Å². The van der Waals surface area contributed by atoms with Gasteiger partial charge in [0.25, 0.3) is 0 Å². The maximum absolute atomic E-state index is 13.8. The summed E-state index contributed by atoms with van der Waals surface area (Å²) in [6.07, 6.45) is 4.98. The minimum Gasteiger partial charge on any atom is -0.494 e. The van der Waals surface area contributed by atoms with Gasteiger partial charge in [-0.25, -0.2) is 4.39 Å². The van der Waals surface area contributed by atoms with Gasteiger partial charge in [0, 0.05) is 38.4 Å². The number of aromatic nitrogens is 3. The zero-order chi connectivity index (χ0) is 18.8. The van der Waals surface area contributed by atoms with E-state index in [1.54, 1.807) is 6.07 Å². The van der Waals surface area contributed by atoms with E-state index < -0.39 is 0 Å². The molecule has 144 valence electrons. The number of hydrogen-bond donors (Lipinski definition) is 0. The fraction of sp³-hybridized carbons (Fsp3) is 0.550. The van der Waals surface area contributed by atoms with Crippen LogP contribution in [0, 0.1) is 5.82 Å². The van der Waals surface area contributed by atoms with Crippen molar-refractivity contribution >= 4 is 5.91 Å². The van der Waals surface area contributed by atoms with Gasteiger partial charge < -0.3 is 14.2 Å². The molecule has 6 nitrogen and oxygen atoms in total. The molecule has 2 aliphatic heterocycles. The van der Waals surface area contributed by atoms with Crippen LogP contribution in [0.5, 0.6) is 5.75 Å². The Morgan fingerprint density at radius 3 is 2.81 bits per heavy atom. The number of carbonyl (C=O) groups is 1. The number of fused-ring (bicyclic) bond motifs is 1. The second kappa shape index (κ2) is 7.66. The standard InChI is InChI=1S/C20H25FN4O2/c1-27-17-6-4-14(13-16(17)21)5-7-19(26)24-11-8-15(9-12-24)20-23-22-18-3-2-10-25(18)20/h4,6,13,15H,2-3,5,7-12H2,1H3. The summed E-state index contributed by atoms with van der Waals surface area (Å²) in [6.45, 7) is 2.53. The largest absolute Gasteiger partial charge is 0.494 e. The van der Waals surface area contributed by atoms with Gasteiger partial charge in [0.15, 0.2) is 11.6 Å². The molecule has 0 saturated carbocycles. The zero-order valence-electron chi connectivity index (χ0n) is 15.7. The number of piperidine rings is 1. The summed E-state index contributed by atoms with van der Waals surface area (Å²) >= 11 is 0. The van der Waals surface area contributed by atoms with E-state index >= 15 is 0 Å². The number of likely N-dealkylation sites (tertiary alicyclic amines) is 1. The summed E-state index contributed by atoms with van der Waals surface area (Å²) in [5, 5.41) is 8.69. The first-order valence-electron chi connectivity index (χ1n) is 9.68. The van der Waals surface area contributed by atoms with Gasteiger partial charge in [0.2, 0.25) is 5.91 Å². The van der Waals surface area contributed by atoms with Gasteiger partial charge in [-0.3, -0.25) is 4.79 Å². The lowest BCUT2D eigenvalue weighted by atomic mass is 9.95. The van der Waals surface area contributed by atoms with Crippen LogP contribution >= 0.6 is 0 Å². The number of benzene rings is 1. The molecule has 0 radical (unpaired) electrons. The van der Waals surface area contributed by atoms with Crippen LogP contribution in [0.3, 0.4) is 0 Å². The molecular weight excluding hydrogens is 347 g/mol. The van der Waals surface area contributed by atoms with Crippen molar-refractivity contribution < 1.29 is 13.9 Å². The number of rotatable bonds is 5. The third-order valence-electron chi connectivity index (χ3n) is 5.69. The van der Waals surface area contributed by atoms with E-state index in [1.165, 1.54) is 13.2 Å². The van der Waals surface area contributed by atoms with Gasteiger partial charge in [-0.05, 0) is 43.4 Å². The number of methoxy groups -OCH3 is 1. The molecule has 0 atom stereocenters. The van der Waals surface area contributed by atoms with Crippen molar-refractivity contribution in [3.05, 3.63) is 41.2 Å². The first kappa shape index (κ1) is 17.9. The molecule has 0 unspecified atom stereocenters. The fourth-order valence-electron chi connectivity index (χ4n) is 4.14. The molecule has 0 aliphatic carbocycles. The van der Waals surface area contributed by atoms with Gasteiger partial charge in [0.1, 0.15) is 11.6 Å². The zero-order valence-corrected chi connectivity index (χ0v) is 15.7. The lowest BCUT2D eigenvalue weighted by Crippen LogP contribution is -2.38. The minimum atomic E-state index is -0.385. The SMILES string of the molecule is COc1ccc(CCC(=O)N2CCC(c3nnc4n3CCC4)CC2)cc1F. The summed E-state index contributed by atoms with van der Waals surface area (Å²) in [6, 6.07) is 4.87. The van der Waals surface area contributed by atoms with Gasteiger partial charge in [-0.15, -0.1) is 10.2 Å². The van der Waals surface area contributed by atoms with Crippen molar-refractivity contribution in [2.24, 2.45) is 0 Å². The van der Waals surface area contributed by atoms with Gasteiger partial charge in [0.05, 0.1) is 7.11 Å². The molecule has 2 aliphatic rings. The highest BCUT2D eigenvalue weighted by Gasteiger charge is 2.29. The summed E-state index contributed by atoms with van der Waals surface area (Å²) in [4.78, 5) is 14.5. The topological polar surface area (TPSA) is 60.2 Å². The molecule has 27 heavy (non-hydrogen) atoms. The van der Waals surface area contributed by atoms with E-state index in [9.17, 15) is 9.18 Å². The van der Waals surface area contributed by atoms with Crippen LogP contribution in [0.4, 0.5) is 4.39 Å². The molecule has 3 heterocycles. The van der Waals surface area contributed by atoms with Gasteiger partial charge in [-0.2, -0.15) is 0 Å². The molecule has 0 bridgehead atoms. The Morgan fingerprint density at radius 2 is 2.07 bits per heavy atom. The highest BCUT2D eigenvalue weighted by atomic mass is 19.1. The first-order chi connectivity index (χ1) is 13.2. The average molecular weight is 372 g/mol. The van der Waals surface area contributed by atoms with Gasteiger partial charge >= 0.3 is 0 Å². The van der Waals surface area contributed by atoms with E-state index in [0.717, 1.165) is 62.5 Å². The Labute approximate surface area is 158 Å². The van der Waals surface area contributed by atoms with Crippen molar-refractivity contribution in [1.82, 2.24) is 19.7 Å². The Balaban J connectivity index is 1.29. The van der Waals surface area contributed by atoms with Crippen LogP contribution < -0.4 is 4.74 Å². The monoisotopic (exact) mass is 372 g/mol. The van der Waals surface area contributed by atoms with Crippen molar-refractivity contribution in [2.75, 3.05) is 20.2 Å². The van der Waals surface area contributed by atoms with Crippen molar-refractivity contribution in [1.29, 1.82) is 0 Å². The molecule has 1 saturated heterocycles. The molecule has 2 aromatic rings. The second-order valence-electron chi connectivity index (χ2n) is 7.35. The summed E-state index contributed by atoms with van der Waals surface area (Å²) in [5.74, 6) is 2.58. The molecular formula is C20H25FN4O2. The van der Waals surface area contributed by atoms with Gasteiger partial charge in [-0.1, -0.05) is 6.07 Å². The number of hydrogen-bond acceptors (Lipinski definition) is 4. The number of amides is 1. The third-order valence-corrected chi connectivity index (χ3v) is 5.69. The second-order valence-corrected chi connectivity index (χ2v) is 7.35. The molecule has 0 N–H and O–H groups in total.